The number of nitrogens with one attached hydrogen (secondary N) is 1. The Balaban J connectivity index is 1.77. The summed E-state index contributed by atoms with van der Waals surface area (Å²) in [4.78, 5) is 11.0. The summed E-state index contributed by atoms with van der Waals surface area (Å²) in [6, 6.07) is 4.78. The molecule has 0 aliphatic carbocycles. The molecule has 0 bridgehead atoms. The molecular weight excluding hydrogens is 392 g/mol. The van der Waals surface area contributed by atoms with E-state index in [1.54, 1.807) is 0 Å². The number of guanidine groups is 1. The van der Waals surface area contributed by atoms with Crippen molar-refractivity contribution < 1.29 is 8.42 Å². The summed E-state index contributed by atoms with van der Waals surface area (Å²) in [7, 11) is -0.841. The highest BCUT2D eigenvalue weighted by Crippen LogP contribution is 2.37. The minimum atomic E-state index is -3.05. The van der Waals surface area contributed by atoms with E-state index in [9.17, 15) is 8.42 Å². The van der Waals surface area contributed by atoms with Crippen LogP contribution in [0.1, 0.15) is 44.5 Å². The summed E-state index contributed by atoms with van der Waals surface area (Å²) in [5.74, 6) is 1.52. The van der Waals surface area contributed by atoms with E-state index in [-0.39, 0.29) is 5.75 Å². The molecule has 2 aliphatic rings. The van der Waals surface area contributed by atoms with E-state index in [1.807, 2.05) is 25.2 Å². The minimum Gasteiger partial charge on any atom is -0.357 e. The van der Waals surface area contributed by atoms with Crippen molar-refractivity contribution in [3.8, 4) is 0 Å². The first-order chi connectivity index (χ1) is 13.2. The molecule has 28 heavy (non-hydrogen) atoms. The molecule has 2 unspecified atom stereocenters. The maximum absolute atomic E-state index is 12.4. The van der Waals surface area contributed by atoms with Gasteiger partial charge in [0, 0.05) is 37.1 Å². The molecule has 0 radical (unpaired) electrons. The van der Waals surface area contributed by atoms with Gasteiger partial charge in [0.1, 0.15) is 0 Å². The van der Waals surface area contributed by atoms with Gasteiger partial charge in [-0.1, -0.05) is 6.07 Å². The zero-order valence-corrected chi connectivity index (χ0v) is 19.2. The molecule has 1 N–H and O–H groups in total. The lowest BCUT2D eigenvalue weighted by Gasteiger charge is -2.40. The molecular formula is C20H34N4O2S2. The third-order valence-electron chi connectivity index (χ3n) is 6.00. The third-order valence-corrected chi connectivity index (χ3v) is 9.47. The van der Waals surface area contributed by atoms with Gasteiger partial charge in [0.25, 0.3) is 0 Å². The number of sulfone groups is 1. The van der Waals surface area contributed by atoms with E-state index >= 15 is 0 Å². The highest BCUT2D eigenvalue weighted by molar-refractivity contribution is 7.92. The number of hydrogen-bond acceptors (Lipinski definition) is 5. The Bertz CT molecular complexity index is 774. The highest BCUT2D eigenvalue weighted by atomic mass is 32.2. The van der Waals surface area contributed by atoms with E-state index in [4.69, 9.17) is 4.99 Å². The Labute approximate surface area is 173 Å². The molecule has 2 saturated heterocycles. The quantitative estimate of drug-likeness (QED) is 0.592. The molecule has 2 atom stereocenters. The molecule has 6 nitrogen and oxygen atoms in total. The Hall–Kier alpha value is -1.12. The van der Waals surface area contributed by atoms with Crippen LogP contribution in [0.4, 0.5) is 0 Å². The van der Waals surface area contributed by atoms with Crippen LogP contribution in [0.3, 0.4) is 0 Å². The summed E-state index contributed by atoms with van der Waals surface area (Å²) >= 11 is 1.83. The number of nitrogens with zero attached hydrogens (tertiary/aromatic N) is 3. The second-order valence-electron chi connectivity index (χ2n) is 8.54. The molecule has 2 aliphatic heterocycles. The first-order valence-corrected chi connectivity index (χ1v) is 12.8. The molecule has 1 aromatic rings. The lowest BCUT2D eigenvalue weighted by atomic mass is 9.88. The van der Waals surface area contributed by atoms with Crippen LogP contribution in [-0.2, 0) is 9.84 Å². The predicted octanol–water partition coefficient (Wildman–Crippen LogP) is 2.61. The van der Waals surface area contributed by atoms with Gasteiger partial charge in [-0.3, -0.25) is 9.89 Å². The number of piperidine rings is 1. The standard InChI is InChI=1S/C20H34N4O2S2/c1-5-21-19(24-11-13-28(25,26)20(2,3)15-24)22-14-16-8-6-10-23(4)18(16)17-9-7-12-27-17/h7,9,12,16,18H,5-6,8,10-11,13-15H2,1-4H3,(H,21,22). The van der Waals surface area contributed by atoms with E-state index in [0.29, 0.717) is 25.0 Å². The minimum absolute atomic E-state index is 0.189. The zero-order valence-electron chi connectivity index (χ0n) is 17.5. The summed E-state index contributed by atoms with van der Waals surface area (Å²) in [6.45, 7) is 9.37. The number of thiophene rings is 1. The van der Waals surface area contributed by atoms with Crippen molar-refractivity contribution in [3.05, 3.63) is 22.4 Å². The van der Waals surface area contributed by atoms with Crippen LogP contribution in [0.15, 0.2) is 22.5 Å². The molecule has 0 amide bonds. The Morgan fingerprint density at radius 1 is 1.39 bits per heavy atom. The van der Waals surface area contributed by atoms with E-state index in [1.165, 1.54) is 17.7 Å². The third kappa shape index (κ3) is 4.54. The topological polar surface area (TPSA) is 65.0 Å². The van der Waals surface area contributed by atoms with Gasteiger partial charge in [0.15, 0.2) is 15.8 Å². The molecule has 3 rings (SSSR count). The summed E-state index contributed by atoms with van der Waals surface area (Å²) in [6.07, 6.45) is 2.37. The van der Waals surface area contributed by atoms with E-state index < -0.39 is 14.6 Å². The lowest BCUT2D eigenvalue weighted by molar-refractivity contribution is 0.128. The number of aliphatic imine (C=N–C) groups is 1. The second-order valence-corrected chi connectivity index (χ2v) is 12.3. The van der Waals surface area contributed by atoms with Crippen molar-refractivity contribution in [1.29, 1.82) is 0 Å². The van der Waals surface area contributed by atoms with Crippen LogP contribution >= 0.6 is 11.3 Å². The normalized spacial score (nSPS) is 28.3. The van der Waals surface area contributed by atoms with Gasteiger partial charge in [-0.15, -0.1) is 11.3 Å². The molecule has 0 aromatic carbocycles. The van der Waals surface area contributed by atoms with Gasteiger partial charge >= 0.3 is 0 Å². The average Bonchev–Trinajstić information content (AvgIpc) is 3.15. The Morgan fingerprint density at radius 3 is 2.82 bits per heavy atom. The molecule has 2 fully saturated rings. The van der Waals surface area contributed by atoms with Crippen LogP contribution in [-0.4, -0.2) is 74.4 Å². The van der Waals surface area contributed by atoms with Crippen LogP contribution in [0.2, 0.25) is 0 Å². The van der Waals surface area contributed by atoms with Crippen LogP contribution in [0, 0.1) is 5.92 Å². The van der Waals surface area contributed by atoms with Gasteiger partial charge in [0.05, 0.1) is 10.5 Å². The monoisotopic (exact) mass is 426 g/mol. The molecule has 3 heterocycles. The zero-order chi connectivity index (χ0) is 20.4. The largest absolute Gasteiger partial charge is 0.357 e. The first kappa shape index (κ1) is 21.6. The highest BCUT2D eigenvalue weighted by Gasteiger charge is 2.41. The fraction of sp³-hybridized carbons (Fsp3) is 0.750. The summed E-state index contributed by atoms with van der Waals surface area (Å²) < 4.78 is 24.0. The van der Waals surface area contributed by atoms with Crippen molar-refractivity contribution in [2.75, 3.05) is 45.5 Å². The van der Waals surface area contributed by atoms with Gasteiger partial charge in [-0.2, -0.15) is 0 Å². The van der Waals surface area contributed by atoms with E-state index in [0.717, 1.165) is 25.6 Å². The van der Waals surface area contributed by atoms with Crippen LogP contribution < -0.4 is 5.32 Å². The summed E-state index contributed by atoms with van der Waals surface area (Å²) in [5, 5.41) is 5.54. The van der Waals surface area contributed by atoms with Crippen molar-refractivity contribution in [2.24, 2.45) is 10.9 Å². The van der Waals surface area contributed by atoms with Crippen LogP contribution in [0.25, 0.3) is 0 Å². The number of hydrogen-bond donors (Lipinski definition) is 1. The van der Waals surface area contributed by atoms with Gasteiger partial charge in [-0.05, 0) is 64.6 Å². The molecule has 8 heteroatoms. The maximum atomic E-state index is 12.4. The predicted molar refractivity (Wildman–Crippen MR) is 118 cm³/mol. The fourth-order valence-corrected chi connectivity index (χ4v) is 6.66. The molecule has 0 saturated carbocycles. The van der Waals surface area contributed by atoms with Crippen LogP contribution in [0.5, 0.6) is 0 Å². The fourth-order valence-electron chi connectivity index (χ4n) is 4.31. The van der Waals surface area contributed by atoms with Crippen molar-refractivity contribution in [2.45, 2.75) is 44.4 Å². The molecule has 0 spiro atoms. The molecule has 1 aromatic heterocycles. The number of rotatable bonds is 4. The molecule has 158 valence electrons. The SMILES string of the molecule is CCNC(=NCC1CCCN(C)C1c1cccs1)N1CCS(=O)(=O)C(C)(C)C1. The van der Waals surface area contributed by atoms with Crippen molar-refractivity contribution >= 4 is 27.1 Å². The second kappa shape index (κ2) is 8.71. The Morgan fingerprint density at radius 2 is 2.18 bits per heavy atom. The first-order valence-electron chi connectivity index (χ1n) is 10.2. The maximum Gasteiger partial charge on any atom is 0.194 e. The Kier molecular flexibility index (Phi) is 6.72. The van der Waals surface area contributed by atoms with Gasteiger partial charge < -0.3 is 10.2 Å². The lowest BCUT2D eigenvalue weighted by Crippen LogP contribution is -2.57. The number of likely N-dealkylation sites (tertiary alicyclic amines) is 1. The van der Waals surface area contributed by atoms with Crippen molar-refractivity contribution in [3.63, 3.8) is 0 Å². The smallest absolute Gasteiger partial charge is 0.194 e. The van der Waals surface area contributed by atoms with Gasteiger partial charge in [0.2, 0.25) is 0 Å². The van der Waals surface area contributed by atoms with Crippen molar-refractivity contribution in [1.82, 2.24) is 15.1 Å². The van der Waals surface area contributed by atoms with Gasteiger partial charge in [-0.25, -0.2) is 8.42 Å². The summed E-state index contributed by atoms with van der Waals surface area (Å²) in [5.41, 5.74) is 0. The van der Waals surface area contributed by atoms with E-state index in [2.05, 4.69) is 46.6 Å². The average molecular weight is 427 g/mol.